The second-order valence-electron chi connectivity index (χ2n) is 7.88. The lowest BCUT2D eigenvalue weighted by Gasteiger charge is -2.30. The first-order chi connectivity index (χ1) is 16.0. The van der Waals surface area contributed by atoms with E-state index in [1.807, 2.05) is 24.8 Å². The minimum Gasteiger partial charge on any atom is -0.463 e. The standard InChI is InChI=1S/C22H22N6O3S2/c1-12-19(33-13(2)23-12)22(30)28-7-5-14(6-8-28)21-24-16(11-32-21)20(29)25-18-10-15(26-27-18)17-4-3-9-31-17/h3-4,9-11,14H,5-8H2,1-2H3,(H2,25,26,27,29). The Bertz CT molecular complexity index is 1280. The number of carbonyl (C=O) groups is 2. The molecule has 11 heteroatoms. The summed E-state index contributed by atoms with van der Waals surface area (Å²) < 4.78 is 5.33. The molecule has 1 aliphatic heterocycles. The van der Waals surface area contributed by atoms with Crippen LogP contribution < -0.4 is 5.32 Å². The van der Waals surface area contributed by atoms with Crippen molar-refractivity contribution in [2.45, 2.75) is 32.6 Å². The van der Waals surface area contributed by atoms with Crippen molar-refractivity contribution < 1.29 is 14.0 Å². The second kappa shape index (κ2) is 8.91. The number of carbonyl (C=O) groups excluding carboxylic acids is 2. The molecular weight excluding hydrogens is 460 g/mol. The highest BCUT2D eigenvalue weighted by atomic mass is 32.1. The molecule has 1 saturated heterocycles. The topological polar surface area (TPSA) is 117 Å². The van der Waals surface area contributed by atoms with E-state index in [4.69, 9.17) is 4.42 Å². The average molecular weight is 483 g/mol. The number of aromatic nitrogens is 4. The van der Waals surface area contributed by atoms with Crippen LogP contribution in [0.4, 0.5) is 5.82 Å². The fourth-order valence-corrected chi connectivity index (χ4v) is 5.77. The maximum Gasteiger partial charge on any atom is 0.276 e. The monoisotopic (exact) mass is 482 g/mol. The van der Waals surface area contributed by atoms with Gasteiger partial charge in [0.25, 0.3) is 11.8 Å². The Morgan fingerprint density at radius 2 is 2.06 bits per heavy atom. The Morgan fingerprint density at radius 3 is 2.76 bits per heavy atom. The smallest absolute Gasteiger partial charge is 0.276 e. The molecular formula is C22H22N6O3S2. The molecule has 0 spiro atoms. The van der Waals surface area contributed by atoms with Gasteiger partial charge in [0.05, 0.1) is 22.0 Å². The lowest BCUT2D eigenvalue weighted by atomic mass is 9.97. The highest BCUT2D eigenvalue weighted by Gasteiger charge is 2.28. The average Bonchev–Trinajstić information content (AvgIpc) is 3.60. The third kappa shape index (κ3) is 4.46. The molecule has 2 amide bonds. The van der Waals surface area contributed by atoms with Crippen LogP contribution >= 0.6 is 22.7 Å². The number of hydrogen-bond acceptors (Lipinski definition) is 8. The Labute approximate surface area is 197 Å². The van der Waals surface area contributed by atoms with Crippen molar-refractivity contribution in [3.8, 4) is 11.5 Å². The minimum absolute atomic E-state index is 0.0590. The van der Waals surface area contributed by atoms with Crippen molar-refractivity contribution in [1.82, 2.24) is 25.1 Å². The number of H-pyrrole nitrogens is 1. The molecule has 4 aromatic heterocycles. The number of nitrogens with one attached hydrogen (secondary N) is 2. The van der Waals surface area contributed by atoms with Crippen molar-refractivity contribution in [3.05, 3.63) is 56.1 Å². The zero-order chi connectivity index (χ0) is 22.9. The molecule has 5 rings (SSSR count). The van der Waals surface area contributed by atoms with Crippen molar-refractivity contribution in [2.75, 3.05) is 18.4 Å². The third-order valence-corrected chi connectivity index (χ3v) is 7.66. The van der Waals surface area contributed by atoms with Gasteiger partial charge in [0.15, 0.2) is 11.6 Å². The number of likely N-dealkylation sites (tertiary alicyclic amines) is 1. The molecule has 170 valence electrons. The normalized spacial score (nSPS) is 14.5. The number of aryl methyl sites for hydroxylation is 2. The molecule has 2 N–H and O–H groups in total. The molecule has 0 unspecified atom stereocenters. The molecule has 9 nitrogen and oxygen atoms in total. The Kier molecular flexibility index (Phi) is 5.81. The maximum atomic E-state index is 12.8. The van der Waals surface area contributed by atoms with Gasteiger partial charge in [-0.05, 0) is 38.8 Å². The van der Waals surface area contributed by atoms with Crippen molar-refractivity contribution in [2.24, 2.45) is 0 Å². The summed E-state index contributed by atoms with van der Waals surface area (Å²) in [5, 5.41) is 13.3. The Hall–Kier alpha value is -3.31. The van der Waals surface area contributed by atoms with Crippen LogP contribution in [0.5, 0.6) is 0 Å². The van der Waals surface area contributed by atoms with Gasteiger partial charge in [-0.25, -0.2) is 9.97 Å². The molecule has 5 heterocycles. The van der Waals surface area contributed by atoms with E-state index < -0.39 is 0 Å². The van der Waals surface area contributed by atoms with Crippen LogP contribution in [0.25, 0.3) is 11.5 Å². The van der Waals surface area contributed by atoms with E-state index in [9.17, 15) is 9.59 Å². The van der Waals surface area contributed by atoms with Crippen molar-refractivity contribution in [1.29, 1.82) is 0 Å². The zero-order valence-electron chi connectivity index (χ0n) is 18.1. The predicted octanol–water partition coefficient (Wildman–Crippen LogP) is 4.47. The van der Waals surface area contributed by atoms with Crippen LogP contribution in [0.3, 0.4) is 0 Å². The molecule has 1 fully saturated rings. The second-order valence-corrected chi connectivity index (χ2v) is 9.98. The van der Waals surface area contributed by atoms with Crippen molar-refractivity contribution >= 4 is 40.3 Å². The first-order valence-electron chi connectivity index (χ1n) is 10.6. The zero-order valence-corrected chi connectivity index (χ0v) is 19.8. The Morgan fingerprint density at radius 1 is 1.24 bits per heavy atom. The third-order valence-electron chi connectivity index (χ3n) is 5.59. The SMILES string of the molecule is Cc1nc(C)c(C(=O)N2CCC(c3nc(C(=O)Nc4cc(-c5ccco5)[nH]n4)cs3)CC2)s1. The summed E-state index contributed by atoms with van der Waals surface area (Å²) in [4.78, 5) is 37.0. The van der Waals surface area contributed by atoms with Gasteiger partial charge in [-0.1, -0.05) is 0 Å². The number of piperidine rings is 1. The van der Waals surface area contributed by atoms with Crippen LogP contribution in [0, 0.1) is 13.8 Å². The highest BCUT2D eigenvalue weighted by molar-refractivity contribution is 7.13. The van der Waals surface area contributed by atoms with Crippen LogP contribution in [-0.4, -0.2) is 50.0 Å². The van der Waals surface area contributed by atoms with E-state index in [0.29, 0.717) is 36.1 Å². The van der Waals surface area contributed by atoms with E-state index in [0.717, 1.165) is 33.4 Å². The Balaban J connectivity index is 1.18. The summed E-state index contributed by atoms with van der Waals surface area (Å²) in [5.74, 6) is 1.04. The number of furan rings is 1. The van der Waals surface area contributed by atoms with E-state index >= 15 is 0 Å². The molecule has 0 aromatic carbocycles. The highest BCUT2D eigenvalue weighted by Crippen LogP contribution is 2.32. The summed E-state index contributed by atoms with van der Waals surface area (Å²) in [7, 11) is 0. The number of aromatic amines is 1. The minimum atomic E-state index is -0.307. The maximum absolute atomic E-state index is 12.8. The van der Waals surface area contributed by atoms with E-state index in [1.165, 1.54) is 22.7 Å². The van der Waals surface area contributed by atoms with Gasteiger partial charge in [-0.3, -0.25) is 14.7 Å². The van der Waals surface area contributed by atoms with Gasteiger partial charge < -0.3 is 14.6 Å². The fraction of sp³-hybridized carbons (Fsp3) is 0.318. The lowest BCUT2D eigenvalue weighted by Crippen LogP contribution is -2.37. The molecule has 0 radical (unpaired) electrons. The first kappa shape index (κ1) is 21.5. The van der Waals surface area contributed by atoms with Crippen LogP contribution in [0.2, 0.25) is 0 Å². The van der Waals surface area contributed by atoms with E-state index in [1.54, 1.807) is 23.8 Å². The van der Waals surface area contributed by atoms with Gasteiger partial charge in [0, 0.05) is 30.5 Å². The summed E-state index contributed by atoms with van der Waals surface area (Å²) in [5.41, 5.74) is 1.85. The molecule has 0 atom stereocenters. The summed E-state index contributed by atoms with van der Waals surface area (Å²) in [6.07, 6.45) is 3.22. The summed E-state index contributed by atoms with van der Waals surface area (Å²) in [6, 6.07) is 5.31. The fourth-order valence-electron chi connectivity index (χ4n) is 3.91. The lowest BCUT2D eigenvalue weighted by molar-refractivity contribution is 0.0717. The summed E-state index contributed by atoms with van der Waals surface area (Å²) in [6.45, 7) is 5.14. The number of amides is 2. The van der Waals surface area contributed by atoms with E-state index in [-0.39, 0.29) is 17.7 Å². The van der Waals surface area contributed by atoms with Crippen LogP contribution in [0.15, 0.2) is 34.3 Å². The van der Waals surface area contributed by atoms with Gasteiger partial charge >= 0.3 is 0 Å². The van der Waals surface area contributed by atoms with Crippen LogP contribution in [0.1, 0.15) is 54.6 Å². The number of anilines is 1. The number of thiazole rings is 2. The molecule has 0 bridgehead atoms. The number of nitrogens with zero attached hydrogens (tertiary/aromatic N) is 4. The number of rotatable bonds is 5. The quantitative estimate of drug-likeness (QED) is 0.433. The molecule has 1 aliphatic rings. The molecule has 33 heavy (non-hydrogen) atoms. The first-order valence-corrected chi connectivity index (χ1v) is 12.3. The molecule has 4 aromatic rings. The number of hydrogen-bond donors (Lipinski definition) is 2. The van der Waals surface area contributed by atoms with Gasteiger partial charge in [-0.2, -0.15) is 5.10 Å². The van der Waals surface area contributed by atoms with Gasteiger partial charge in [0.1, 0.15) is 16.3 Å². The molecule has 0 aliphatic carbocycles. The predicted molar refractivity (Wildman–Crippen MR) is 126 cm³/mol. The van der Waals surface area contributed by atoms with Crippen LogP contribution in [-0.2, 0) is 0 Å². The summed E-state index contributed by atoms with van der Waals surface area (Å²) >= 11 is 2.93. The largest absolute Gasteiger partial charge is 0.463 e. The van der Waals surface area contributed by atoms with E-state index in [2.05, 4.69) is 25.5 Å². The van der Waals surface area contributed by atoms with Gasteiger partial charge in [-0.15, -0.1) is 22.7 Å². The van der Waals surface area contributed by atoms with Gasteiger partial charge in [0.2, 0.25) is 0 Å². The molecule has 0 saturated carbocycles. The van der Waals surface area contributed by atoms with Crippen molar-refractivity contribution in [3.63, 3.8) is 0 Å².